The highest BCUT2D eigenvalue weighted by Gasteiger charge is 2.35. The van der Waals surface area contributed by atoms with E-state index in [0.29, 0.717) is 10.9 Å². The Hall–Kier alpha value is -1.57. The lowest BCUT2D eigenvalue weighted by molar-refractivity contribution is -0.186. The summed E-state index contributed by atoms with van der Waals surface area (Å²) in [5.74, 6) is 0.0539. The molecule has 1 N–H and O–H groups in total. The van der Waals surface area contributed by atoms with Crippen LogP contribution in [0.2, 0.25) is 5.02 Å². The van der Waals surface area contributed by atoms with E-state index in [4.69, 9.17) is 21.1 Å². The zero-order valence-corrected chi connectivity index (χ0v) is 23.7. The van der Waals surface area contributed by atoms with E-state index in [-0.39, 0.29) is 30.3 Å². The summed E-state index contributed by atoms with van der Waals surface area (Å²) in [5.41, 5.74) is 1.74. The molecule has 2 aromatic rings. The van der Waals surface area contributed by atoms with Crippen LogP contribution in [0.15, 0.2) is 53.4 Å². The maximum Gasteiger partial charge on any atom is 0.230 e. The van der Waals surface area contributed by atoms with Crippen LogP contribution in [0.1, 0.15) is 75.0 Å². The third kappa shape index (κ3) is 7.30. The van der Waals surface area contributed by atoms with Gasteiger partial charge in [-0.2, -0.15) is 0 Å². The summed E-state index contributed by atoms with van der Waals surface area (Å²) < 4.78 is 12.1. The van der Waals surface area contributed by atoms with Crippen LogP contribution >= 0.6 is 23.4 Å². The Bertz CT molecular complexity index is 1020. The summed E-state index contributed by atoms with van der Waals surface area (Å²) in [6.07, 6.45) is 8.27. The Balaban J connectivity index is 1.49. The molecule has 1 aliphatic heterocycles. The number of aliphatic hydroxyl groups excluding tert-OH is 1. The van der Waals surface area contributed by atoms with Gasteiger partial charge in [-0.15, -0.1) is 11.8 Å². The maximum atomic E-state index is 14.0. The molecule has 2 aromatic carbocycles. The van der Waals surface area contributed by atoms with Crippen molar-refractivity contribution in [2.24, 2.45) is 5.92 Å². The van der Waals surface area contributed by atoms with Crippen molar-refractivity contribution in [2.45, 2.75) is 87.2 Å². The van der Waals surface area contributed by atoms with E-state index in [1.54, 1.807) is 23.7 Å². The van der Waals surface area contributed by atoms with Gasteiger partial charge in [0.2, 0.25) is 5.91 Å². The molecular formula is C30H40ClNO4S. The largest absolute Gasteiger partial charge is 0.386 e. The summed E-state index contributed by atoms with van der Waals surface area (Å²) in [6, 6.07) is 15.1. The van der Waals surface area contributed by atoms with E-state index < -0.39 is 6.10 Å². The van der Waals surface area contributed by atoms with Crippen LogP contribution in [0, 0.1) is 5.92 Å². The third-order valence-corrected chi connectivity index (χ3v) is 9.20. The number of amides is 1. The number of hydrogen-bond acceptors (Lipinski definition) is 5. The smallest absolute Gasteiger partial charge is 0.230 e. The second-order valence-corrected chi connectivity index (χ2v) is 11.7. The third-order valence-electron chi connectivity index (χ3n) is 7.98. The summed E-state index contributed by atoms with van der Waals surface area (Å²) >= 11 is 8.18. The molecule has 0 bridgehead atoms. The fourth-order valence-electron chi connectivity index (χ4n) is 5.60. The molecule has 1 saturated heterocycles. The number of benzene rings is 2. The number of carbonyl (C=O) groups excluding carboxylic acids is 1. The number of likely N-dealkylation sites (N-methyl/N-ethyl adjacent to an activating group) is 1. The first kappa shape index (κ1) is 28.4. The molecule has 0 spiro atoms. The highest BCUT2D eigenvalue weighted by atomic mass is 35.5. The van der Waals surface area contributed by atoms with Crippen molar-refractivity contribution in [1.29, 1.82) is 0 Å². The normalized spacial score (nSPS) is 24.4. The van der Waals surface area contributed by atoms with Gasteiger partial charge in [0.15, 0.2) is 6.29 Å². The molecule has 1 aliphatic carbocycles. The second kappa shape index (κ2) is 13.5. The second-order valence-electron chi connectivity index (χ2n) is 10.5. The molecule has 0 radical (unpaired) electrons. The van der Waals surface area contributed by atoms with Crippen molar-refractivity contribution in [3.63, 3.8) is 0 Å². The van der Waals surface area contributed by atoms with E-state index in [0.717, 1.165) is 67.6 Å². The maximum absolute atomic E-state index is 14.0. The molecule has 2 fully saturated rings. The number of thioether (sulfide) groups is 1. The van der Waals surface area contributed by atoms with Gasteiger partial charge >= 0.3 is 0 Å². The van der Waals surface area contributed by atoms with E-state index in [1.165, 1.54) is 0 Å². The first-order chi connectivity index (χ1) is 17.9. The fraction of sp³-hybridized carbons (Fsp3) is 0.567. The van der Waals surface area contributed by atoms with Crippen molar-refractivity contribution in [3.05, 3.63) is 64.7 Å². The number of carbonyl (C=O) groups is 1. The lowest BCUT2D eigenvalue weighted by Crippen LogP contribution is -2.42. The first-order valence-electron chi connectivity index (χ1n) is 13.5. The van der Waals surface area contributed by atoms with Crippen LogP contribution in [-0.2, 0) is 14.3 Å². The summed E-state index contributed by atoms with van der Waals surface area (Å²) in [7, 11) is 1.80. The average molecular weight is 546 g/mol. The zero-order valence-electron chi connectivity index (χ0n) is 22.1. The summed E-state index contributed by atoms with van der Waals surface area (Å²) in [5, 5.41) is 11.7. The highest BCUT2D eigenvalue weighted by Crippen LogP contribution is 2.39. The van der Waals surface area contributed by atoms with Crippen molar-refractivity contribution >= 4 is 29.3 Å². The van der Waals surface area contributed by atoms with Crippen LogP contribution in [0.4, 0.5) is 0 Å². The van der Waals surface area contributed by atoms with E-state index in [9.17, 15) is 9.90 Å². The fourth-order valence-corrected chi connectivity index (χ4v) is 6.48. The number of halogens is 1. The number of rotatable bonds is 10. The molecule has 1 saturated carbocycles. The van der Waals surface area contributed by atoms with E-state index in [2.05, 4.69) is 0 Å². The SMILES string of the molecule is CSc1ccc(C(CC2CCC(O[C@@H]3CCCCO3)C2)C(=O)N(C)[C@H](C)[C@H](O)c2ccccc2)cc1Cl. The van der Waals surface area contributed by atoms with Crippen molar-refractivity contribution < 1.29 is 19.4 Å². The van der Waals surface area contributed by atoms with Gasteiger partial charge in [-0.1, -0.05) is 48.0 Å². The topological polar surface area (TPSA) is 59.0 Å². The molecular weight excluding hydrogens is 506 g/mol. The standard InChI is InChI=1S/C30H40ClNO4S/c1-20(29(33)22-9-5-4-6-10-22)32(2)30(34)25(23-13-15-27(37-3)26(31)19-23)18-21-12-14-24(17-21)36-28-11-7-8-16-35-28/h4-6,9-10,13,15,19-21,24-25,28-29,33H,7-8,11-12,14,16-18H2,1-3H3/t20-,21?,24?,25?,28-,29+/m1/s1. The first-order valence-corrected chi connectivity index (χ1v) is 15.1. The number of nitrogens with zero attached hydrogens (tertiary/aromatic N) is 1. The molecule has 5 nitrogen and oxygen atoms in total. The van der Waals surface area contributed by atoms with Crippen LogP contribution in [-0.4, -0.2) is 54.3 Å². The van der Waals surface area contributed by atoms with Crippen LogP contribution in [0.3, 0.4) is 0 Å². The van der Waals surface area contributed by atoms with Crippen molar-refractivity contribution in [1.82, 2.24) is 4.90 Å². The lowest BCUT2D eigenvalue weighted by atomic mass is 9.86. The Morgan fingerprint density at radius 3 is 2.62 bits per heavy atom. The average Bonchev–Trinajstić information content (AvgIpc) is 3.37. The van der Waals surface area contributed by atoms with E-state index >= 15 is 0 Å². The Morgan fingerprint density at radius 1 is 1.16 bits per heavy atom. The number of ether oxygens (including phenoxy) is 2. The Morgan fingerprint density at radius 2 is 1.95 bits per heavy atom. The molecule has 4 rings (SSSR count). The predicted molar refractivity (Wildman–Crippen MR) is 150 cm³/mol. The zero-order chi connectivity index (χ0) is 26.4. The van der Waals surface area contributed by atoms with Gasteiger partial charge < -0.3 is 19.5 Å². The molecule has 3 unspecified atom stereocenters. The van der Waals surface area contributed by atoms with Gasteiger partial charge in [0, 0.05) is 18.6 Å². The quantitative estimate of drug-likeness (QED) is 0.332. The molecule has 1 amide bonds. The predicted octanol–water partition coefficient (Wildman–Crippen LogP) is 6.83. The van der Waals surface area contributed by atoms with Crippen molar-refractivity contribution in [2.75, 3.05) is 19.9 Å². The van der Waals surface area contributed by atoms with Crippen LogP contribution < -0.4 is 0 Å². The van der Waals surface area contributed by atoms with Gasteiger partial charge in [-0.25, -0.2) is 0 Å². The minimum Gasteiger partial charge on any atom is -0.386 e. The highest BCUT2D eigenvalue weighted by molar-refractivity contribution is 7.98. The van der Waals surface area contributed by atoms with Gasteiger partial charge in [-0.3, -0.25) is 4.79 Å². The number of hydrogen-bond donors (Lipinski definition) is 1. The molecule has 202 valence electrons. The van der Waals surface area contributed by atoms with Crippen molar-refractivity contribution in [3.8, 4) is 0 Å². The van der Waals surface area contributed by atoms with Gasteiger partial charge in [0.05, 0.1) is 29.2 Å². The summed E-state index contributed by atoms with van der Waals surface area (Å²) in [4.78, 5) is 16.7. The minimum absolute atomic E-state index is 0.00966. The molecule has 0 aromatic heterocycles. The molecule has 37 heavy (non-hydrogen) atoms. The molecule has 2 aliphatic rings. The van der Waals surface area contributed by atoms with Gasteiger partial charge in [-0.05, 0) is 87.3 Å². The number of aliphatic hydroxyl groups is 1. The molecule has 6 atom stereocenters. The monoisotopic (exact) mass is 545 g/mol. The molecule has 1 heterocycles. The van der Waals surface area contributed by atoms with Gasteiger partial charge in [0.1, 0.15) is 0 Å². The Kier molecular flexibility index (Phi) is 10.4. The van der Waals surface area contributed by atoms with E-state index in [1.807, 2.05) is 61.7 Å². The molecule has 7 heteroatoms. The van der Waals surface area contributed by atoms with Crippen LogP contribution in [0.25, 0.3) is 0 Å². The Labute approximate surface area is 230 Å². The minimum atomic E-state index is -0.766. The lowest BCUT2D eigenvalue weighted by Gasteiger charge is -2.33. The van der Waals surface area contributed by atoms with Crippen LogP contribution in [0.5, 0.6) is 0 Å². The summed E-state index contributed by atoms with van der Waals surface area (Å²) in [6.45, 7) is 2.68. The van der Waals surface area contributed by atoms with Gasteiger partial charge in [0.25, 0.3) is 0 Å².